The molecular formula is C19H30N2O3. The fraction of sp³-hybridized carbons (Fsp3) is 0.632. The van der Waals surface area contributed by atoms with Crippen molar-refractivity contribution in [1.29, 1.82) is 0 Å². The summed E-state index contributed by atoms with van der Waals surface area (Å²) in [5.74, 6) is -0.765. The highest BCUT2D eigenvalue weighted by Gasteiger charge is 2.55. The molecule has 0 saturated carbocycles. The second-order valence-corrected chi connectivity index (χ2v) is 7.89. The van der Waals surface area contributed by atoms with Crippen LogP contribution in [0.5, 0.6) is 0 Å². The van der Waals surface area contributed by atoms with Crippen LogP contribution in [0.15, 0.2) is 30.3 Å². The normalized spacial score (nSPS) is 27.5. The second-order valence-electron chi connectivity index (χ2n) is 7.89. The first-order chi connectivity index (χ1) is 11.1. The van der Waals surface area contributed by atoms with Crippen molar-refractivity contribution in [1.82, 2.24) is 10.4 Å². The molecule has 0 bridgehead atoms. The van der Waals surface area contributed by atoms with Gasteiger partial charge in [0.15, 0.2) is 0 Å². The van der Waals surface area contributed by atoms with Gasteiger partial charge in [0.1, 0.15) is 0 Å². The number of rotatable bonds is 4. The molecule has 0 aliphatic carbocycles. The zero-order valence-corrected chi connectivity index (χ0v) is 15.5. The fourth-order valence-corrected chi connectivity index (χ4v) is 4.04. The summed E-state index contributed by atoms with van der Waals surface area (Å²) in [6.07, 6.45) is 0.643. The Balaban J connectivity index is 2.32. The SMILES string of the molecule is COC(=O)[C@H]1[C@@H](N[C@H](C)c2ccccc2)CC(C)(C)N(O)C1(C)C. The van der Waals surface area contributed by atoms with Gasteiger partial charge in [0.05, 0.1) is 18.6 Å². The third-order valence-corrected chi connectivity index (χ3v) is 5.22. The lowest BCUT2D eigenvalue weighted by Crippen LogP contribution is -2.69. The topological polar surface area (TPSA) is 61.8 Å². The van der Waals surface area contributed by atoms with Crippen molar-refractivity contribution in [2.75, 3.05) is 7.11 Å². The maximum absolute atomic E-state index is 12.5. The van der Waals surface area contributed by atoms with E-state index in [0.717, 1.165) is 0 Å². The van der Waals surface area contributed by atoms with E-state index >= 15 is 0 Å². The highest BCUT2D eigenvalue weighted by Crippen LogP contribution is 2.42. The fourth-order valence-electron chi connectivity index (χ4n) is 4.04. The van der Waals surface area contributed by atoms with Crippen LogP contribution in [0.25, 0.3) is 0 Å². The van der Waals surface area contributed by atoms with Gasteiger partial charge >= 0.3 is 5.97 Å². The van der Waals surface area contributed by atoms with Gasteiger partial charge in [-0.1, -0.05) is 30.3 Å². The molecule has 0 aromatic heterocycles. The molecule has 2 N–H and O–H groups in total. The number of ether oxygens (including phenoxy) is 1. The summed E-state index contributed by atoms with van der Waals surface area (Å²) in [6, 6.07) is 10.2. The van der Waals surface area contributed by atoms with Crippen LogP contribution in [0.2, 0.25) is 0 Å². The summed E-state index contributed by atoms with van der Waals surface area (Å²) in [6.45, 7) is 9.85. The minimum absolute atomic E-state index is 0.0962. The van der Waals surface area contributed by atoms with Crippen LogP contribution >= 0.6 is 0 Å². The molecular weight excluding hydrogens is 304 g/mol. The molecule has 1 heterocycles. The summed E-state index contributed by atoms with van der Waals surface area (Å²) in [4.78, 5) is 12.5. The Hall–Kier alpha value is -1.43. The highest BCUT2D eigenvalue weighted by molar-refractivity contribution is 5.75. The molecule has 5 nitrogen and oxygen atoms in total. The van der Waals surface area contributed by atoms with Gasteiger partial charge in [-0.3, -0.25) is 4.79 Å². The second kappa shape index (κ2) is 6.82. The van der Waals surface area contributed by atoms with E-state index in [9.17, 15) is 10.0 Å². The van der Waals surface area contributed by atoms with Gasteiger partial charge in [-0.25, -0.2) is 0 Å². The van der Waals surface area contributed by atoms with Crippen molar-refractivity contribution in [2.45, 2.75) is 64.2 Å². The first-order valence-corrected chi connectivity index (χ1v) is 8.49. The lowest BCUT2D eigenvalue weighted by Gasteiger charge is -2.55. The van der Waals surface area contributed by atoms with Crippen LogP contribution in [0.4, 0.5) is 0 Å². The molecule has 5 heteroatoms. The predicted octanol–water partition coefficient (Wildman–Crippen LogP) is 3.15. The van der Waals surface area contributed by atoms with Gasteiger partial charge in [-0.05, 0) is 46.6 Å². The van der Waals surface area contributed by atoms with Crippen molar-refractivity contribution in [3.05, 3.63) is 35.9 Å². The maximum Gasteiger partial charge on any atom is 0.312 e. The monoisotopic (exact) mass is 334 g/mol. The molecule has 0 spiro atoms. The minimum Gasteiger partial charge on any atom is -0.469 e. The summed E-state index contributed by atoms with van der Waals surface area (Å²) < 4.78 is 5.04. The Kier molecular flexibility index (Phi) is 5.37. The average molecular weight is 334 g/mol. The number of benzene rings is 1. The van der Waals surface area contributed by atoms with Crippen LogP contribution < -0.4 is 5.32 Å². The molecule has 1 aromatic rings. The first-order valence-electron chi connectivity index (χ1n) is 8.49. The van der Waals surface area contributed by atoms with Gasteiger partial charge < -0.3 is 15.3 Å². The lowest BCUT2D eigenvalue weighted by molar-refractivity contribution is -0.265. The quantitative estimate of drug-likeness (QED) is 0.828. The number of hydroxylamine groups is 2. The molecule has 134 valence electrons. The standard InChI is InChI=1S/C19H30N2O3/c1-13(14-10-8-7-9-11-14)20-15-12-18(2,3)21(23)19(4,5)16(15)17(22)24-6/h7-11,13,15-16,20,23H,12H2,1-6H3/t13-,15+,16-/m1/s1. The van der Waals surface area contributed by atoms with Crippen molar-refractivity contribution in [2.24, 2.45) is 5.92 Å². The van der Waals surface area contributed by atoms with Gasteiger partial charge in [-0.15, -0.1) is 0 Å². The van der Waals surface area contributed by atoms with Crippen molar-refractivity contribution < 1.29 is 14.7 Å². The number of esters is 1. The van der Waals surface area contributed by atoms with Crippen molar-refractivity contribution >= 4 is 5.97 Å². The van der Waals surface area contributed by atoms with E-state index in [4.69, 9.17) is 4.74 Å². The van der Waals surface area contributed by atoms with Crippen molar-refractivity contribution in [3.63, 3.8) is 0 Å². The molecule has 1 aromatic carbocycles. The van der Waals surface area contributed by atoms with Crippen LogP contribution in [-0.4, -0.2) is 40.5 Å². The van der Waals surface area contributed by atoms with E-state index in [2.05, 4.69) is 24.4 Å². The van der Waals surface area contributed by atoms with Gasteiger partial charge in [0.25, 0.3) is 0 Å². The van der Waals surface area contributed by atoms with Gasteiger partial charge in [-0.2, -0.15) is 5.06 Å². The Bertz CT molecular complexity index is 571. The van der Waals surface area contributed by atoms with E-state index in [1.54, 1.807) is 0 Å². The predicted molar refractivity (Wildman–Crippen MR) is 93.7 cm³/mol. The zero-order chi connectivity index (χ0) is 18.1. The number of hydrogen-bond acceptors (Lipinski definition) is 5. The number of nitrogens with one attached hydrogen (secondary N) is 1. The Morgan fingerprint density at radius 3 is 2.42 bits per heavy atom. The zero-order valence-electron chi connectivity index (χ0n) is 15.5. The summed E-state index contributed by atoms with van der Waals surface area (Å²) in [7, 11) is 1.40. The third kappa shape index (κ3) is 3.48. The van der Waals surface area contributed by atoms with Crippen LogP contribution in [0.3, 0.4) is 0 Å². The van der Waals surface area contributed by atoms with E-state index in [1.807, 2.05) is 45.9 Å². The molecule has 0 amide bonds. The van der Waals surface area contributed by atoms with E-state index in [1.165, 1.54) is 17.7 Å². The Labute approximate surface area is 145 Å². The Morgan fingerprint density at radius 1 is 1.29 bits per heavy atom. The van der Waals surface area contributed by atoms with E-state index < -0.39 is 17.0 Å². The van der Waals surface area contributed by atoms with Crippen LogP contribution in [0.1, 0.15) is 52.6 Å². The smallest absolute Gasteiger partial charge is 0.312 e. The summed E-state index contributed by atoms with van der Waals surface area (Å²) in [5, 5.41) is 15.6. The number of hydrogen-bond donors (Lipinski definition) is 2. The minimum atomic E-state index is -0.733. The molecule has 1 aliphatic rings. The van der Waals surface area contributed by atoms with Crippen molar-refractivity contribution in [3.8, 4) is 0 Å². The maximum atomic E-state index is 12.5. The molecule has 0 unspecified atom stereocenters. The largest absolute Gasteiger partial charge is 0.469 e. The molecule has 24 heavy (non-hydrogen) atoms. The van der Waals surface area contributed by atoms with Gasteiger partial charge in [0.2, 0.25) is 0 Å². The third-order valence-electron chi connectivity index (χ3n) is 5.22. The molecule has 1 aliphatic heterocycles. The molecule has 0 radical (unpaired) electrons. The molecule has 1 saturated heterocycles. The first kappa shape index (κ1) is 18.9. The number of piperidine rings is 1. The van der Waals surface area contributed by atoms with Crippen LogP contribution in [-0.2, 0) is 9.53 Å². The van der Waals surface area contributed by atoms with Gasteiger partial charge in [0, 0.05) is 17.6 Å². The Morgan fingerprint density at radius 2 is 1.88 bits per heavy atom. The summed E-state index contributed by atoms with van der Waals surface area (Å²) >= 11 is 0. The summed E-state index contributed by atoms with van der Waals surface area (Å²) in [5.41, 5.74) is -0.00599. The number of carbonyl (C=O) groups excluding carboxylic acids is 1. The number of nitrogens with zero attached hydrogens (tertiary/aromatic N) is 1. The highest BCUT2D eigenvalue weighted by atomic mass is 16.5. The van der Waals surface area contributed by atoms with E-state index in [0.29, 0.717) is 6.42 Å². The number of carbonyl (C=O) groups is 1. The molecule has 3 atom stereocenters. The van der Waals surface area contributed by atoms with E-state index in [-0.39, 0.29) is 18.1 Å². The average Bonchev–Trinajstić information content (AvgIpc) is 2.53. The number of methoxy groups -OCH3 is 1. The molecule has 2 rings (SSSR count). The lowest BCUT2D eigenvalue weighted by atomic mass is 9.70. The van der Waals surface area contributed by atoms with Crippen LogP contribution in [0, 0.1) is 5.92 Å². The molecule has 1 fully saturated rings.